The van der Waals surface area contributed by atoms with E-state index >= 15 is 0 Å². The van der Waals surface area contributed by atoms with Gasteiger partial charge >= 0.3 is 0 Å². The number of carbonyl (C=O) groups excluding carboxylic acids is 1. The molecule has 116 valence electrons. The highest BCUT2D eigenvalue weighted by Gasteiger charge is 2.28. The Labute approximate surface area is 125 Å². The summed E-state index contributed by atoms with van der Waals surface area (Å²) in [4.78, 5) is 13.6. The molecule has 1 unspecified atom stereocenters. The molecule has 0 N–H and O–H groups in total. The highest BCUT2D eigenvalue weighted by Crippen LogP contribution is 2.26. The molecule has 1 fully saturated rings. The van der Waals surface area contributed by atoms with Crippen LogP contribution in [0.2, 0.25) is 0 Å². The van der Waals surface area contributed by atoms with Gasteiger partial charge in [0.2, 0.25) is 5.91 Å². The van der Waals surface area contributed by atoms with Gasteiger partial charge in [0.15, 0.2) is 11.5 Å². The first-order valence-corrected chi connectivity index (χ1v) is 7.37. The molecule has 1 atom stereocenters. The Hall–Kier alpha value is -1.75. The van der Waals surface area contributed by atoms with Gasteiger partial charge in [0.25, 0.3) is 0 Å². The molecule has 1 aliphatic heterocycles. The molecule has 0 bridgehead atoms. The number of amides is 1. The second-order valence-electron chi connectivity index (χ2n) is 5.26. The fraction of sp³-hybridized carbons (Fsp3) is 0.562. The van der Waals surface area contributed by atoms with Crippen molar-refractivity contribution in [1.82, 2.24) is 4.90 Å². The molecule has 2 rings (SSSR count). The monoisotopic (exact) mass is 293 g/mol. The van der Waals surface area contributed by atoms with Gasteiger partial charge in [-0.25, -0.2) is 0 Å². The third-order valence-electron chi connectivity index (χ3n) is 3.36. The van der Waals surface area contributed by atoms with Crippen LogP contribution in [0.15, 0.2) is 24.3 Å². The van der Waals surface area contributed by atoms with E-state index in [1.807, 2.05) is 49.9 Å². The molecule has 0 aliphatic carbocycles. The zero-order chi connectivity index (χ0) is 15.2. The van der Waals surface area contributed by atoms with Gasteiger partial charge in [-0.15, -0.1) is 0 Å². The van der Waals surface area contributed by atoms with Crippen molar-refractivity contribution in [3.8, 4) is 11.5 Å². The minimum Gasteiger partial charge on any atom is -0.490 e. The first kappa shape index (κ1) is 15.6. The van der Waals surface area contributed by atoms with E-state index in [2.05, 4.69) is 0 Å². The number of hydrogen-bond donors (Lipinski definition) is 0. The van der Waals surface area contributed by atoms with Gasteiger partial charge in [0.05, 0.1) is 13.2 Å². The van der Waals surface area contributed by atoms with Crippen LogP contribution in [-0.2, 0) is 9.53 Å². The van der Waals surface area contributed by atoms with Gasteiger partial charge in [-0.1, -0.05) is 12.1 Å². The molecule has 1 saturated heterocycles. The maximum Gasteiger partial charge on any atom is 0.248 e. The summed E-state index contributed by atoms with van der Waals surface area (Å²) in [5.74, 6) is 1.47. The van der Waals surface area contributed by atoms with Crippen LogP contribution in [0.3, 0.4) is 0 Å². The van der Waals surface area contributed by atoms with Crippen LogP contribution in [0.1, 0.15) is 20.8 Å². The van der Waals surface area contributed by atoms with Crippen molar-refractivity contribution in [1.29, 1.82) is 0 Å². The fourth-order valence-electron chi connectivity index (χ4n) is 2.27. The number of nitrogens with zero attached hydrogens (tertiary/aromatic N) is 1. The Balaban J connectivity index is 1.93. The lowest BCUT2D eigenvalue weighted by atomic mass is 10.2. The number of para-hydroxylation sites is 2. The summed E-state index contributed by atoms with van der Waals surface area (Å²) in [7, 11) is 0. The number of hydrogen-bond acceptors (Lipinski definition) is 4. The van der Waals surface area contributed by atoms with Crippen LogP contribution in [0, 0.1) is 0 Å². The normalized spacial score (nSPS) is 19.0. The fourth-order valence-corrected chi connectivity index (χ4v) is 2.27. The molecular weight excluding hydrogens is 270 g/mol. The van der Waals surface area contributed by atoms with Crippen LogP contribution in [-0.4, -0.2) is 49.3 Å². The lowest BCUT2D eigenvalue weighted by Gasteiger charge is -2.35. The van der Waals surface area contributed by atoms with Crippen LogP contribution in [0.5, 0.6) is 11.5 Å². The number of carbonyl (C=O) groups is 1. The second-order valence-corrected chi connectivity index (χ2v) is 5.26. The summed E-state index contributed by atoms with van der Waals surface area (Å²) in [6.07, 6.45) is -0.111. The van der Waals surface area contributed by atoms with Gasteiger partial charge in [-0.2, -0.15) is 0 Å². The molecule has 1 aromatic carbocycles. The smallest absolute Gasteiger partial charge is 0.248 e. The van der Waals surface area contributed by atoms with Gasteiger partial charge in [0, 0.05) is 6.04 Å². The third-order valence-corrected chi connectivity index (χ3v) is 3.36. The van der Waals surface area contributed by atoms with Gasteiger partial charge < -0.3 is 19.1 Å². The first-order chi connectivity index (χ1) is 10.1. The summed E-state index contributed by atoms with van der Waals surface area (Å²) in [5, 5.41) is 0. The standard InChI is InChI=1S/C16H23NO4/c1-4-19-14-7-5-6-8-15(14)21-10-13-9-17(12(2)3)16(18)11-20-13/h5-8,12-13H,4,9-11H2,1-3H3. The molecule has 0 aromatic heterocycles. The number of benzene rings is 1. The molecular formula is C16H23NO4. The predicted octanol–water partition coefficient (Wildman–Crippen LogP) is 2.10. The second kappa shape index (κ2) is 7.31. The van der Waals surface area contributed by atoms with Crippen molar-refractivity contribution in [3.05, 3.63) is 24.3 Å². The van der Waals surface area contributed by atoms with Crippen molar-refractivity contribution >= 4 is 5.91 Å². The quantitative estimate of drug-likeness (QED) is 0.806. The van der Waals surface area contributed by atoms with Crippen LogP contribution < -0.4 is 9.47 Å². The van der Waals surface area contributed by atoms with Gasteiger partial charge in [0.1, 0.15) is 19.3 Å². The highest BCUT2D eigenvalue weighted by atomic mass is 16.5. The molecule has 0 saturated carbocycles. The van der Waals surface area contributed by atoms with Crippen LogP contribution in [0.25, 0.3) is 0 Å². The molecule has 0 radical (unpaired) electrons. The third kappa shape index (κ3) is 4.11. The maximum atomic E-state index is 11.7. The first-order valence-electron chi connectivity index (χ1n) is 7.37. The molecule has 1 amide bonds. The van der Waals surface area contributed by atoms with Crippen molar-refractivity contribution in [2.75, 3.05) is 26.4 Å². The maximum absolute atomic E-state index is 11.7. The summed E-state index contributed by atoms with van der Waals surface area (Å²) in [5.41, 5.74) is 0. The van der Waals surface area contributed by atoms with Gasteiger partial charge in [-0.3, -0.25) is 4.79 Å². The number of morpholine rings is 1. The lowest BCUT2D eigenvalue weighted by molar-refractivity contribution is -0.153. The molecule has 5 heteroatoms. The van der Waals surface area contributed by atoms with Crippen molar-refractivity contribution in [3.63, 3.8) is 0 Å². The lowest BCUT2D eigenvalue weighted by Crippen LogP contribution is -2.51. The molecule has 0 spiro atoms. The largest absolute Gasteiger partial charge is 0.490 e. The zero-order valence-corrected chi connectivity index (χ0v) is 12.9. The molecule has 21 heavy (non-hydrogen) atoms. The summed E-state index contributed by atoms with van der Waals surface area (Å²) >= 11 is 0. The van der Waals surface area contributed by atoms with E-state index in [-0.39, 0.29) is 24.7 Å². The molecule has 1 heterocycles. The number of rotatable bonds is 6. The Morgan fingerprint density at radius 3 is 2.57 bits per heavy atom. The zero-order valence-electron chi connectivity index (χ0n) is 12.9. The van der Waals surface area contributed by atoms with Crippen molar-refractivity contribution in [2.45, 2.75) is 32.9 Å². The average Bonchev–Trinajstić information content (AvgIpc) is 2.47. The van der Waals surface area contributed by atoms with E-state index in [0.717, 1.165) is 5.75 Å². The SMILES string of the molecule is CCOc1ccccc1OCC1CN(C(C)C)C(=O)CO1. The van der Waals surface area contributed by atoms with Crippen LogP contribution in [0.4, 0.5) is 0 Å². The van der Waals surface area contributed by atoms with E-state index in [9.17, 15) is 4.79 Å². The van der Waals surface area contributed by atoms with E-state index < -0.39 is 0 Å². The minimum absolute atomic E-state index is 0.0379. The van der Waals surface area contributed by atoms with Crippen molar-refractivity contribution in [2.24, 2.45) is 0 Å². The van der Waals surface area contributed by atoms with E-state index in [1.165, 1.54) is 0 Å². The van der Waals surface area contributed by atoms with E-state index in [4.69, 9.17) is 14.2 Å². The average molecular weight is 293 g/mol. The van der Waals surface area contributed by atoms with Crippen LogP contribution >= 0.6 is 0 Å². The molecule has 1 aromatic rings. The molecule has 1 aliphatic rings. The van der Waals surface area contributed by atoms with E-state index in [0.29, 0.717) is 25.5 Å². The summed E-state index contributed by atoms with van der Waals surface area (Å²) < 4.78 is 16.9. The van der Waals surface area contributed by atoms with E-state index in [1.54, 1.807) is 0 Å². The molecule has 5 nitrogen and oxygen atoms in total. The predicted molar refractivity (Wildman–Crippen MR) is 79.7 cm³/mol. The highest BCUT2D eigenvalue weighted by molar-refractivity contribution is 5.78. The Morgan fingerprint density at radius 1 is 1.29 bits per heavy atom. The topological polar surface area (TPSA) is 48.0 Å². The minimum atomic E-state index is -0.111. The summed E-state index contributed by atoms with van der Waals surface area (Å²) in [6, 6.07) is 7.75. The van der Waals surface area contributed by atoms with Crippen molar-refractivity contribution < 1.29 is 19.0 Å². The Bertz CT molecular complexity index is 475. The Kier molecular flexibility index (Phi) is 5.44. The Morgan fingerprint density at radius 2 is 1.95 bits per heavy atom. The van der Waals surface area contributed by atoms with Gasteiger partial charge in [-0.05, 0) is 32.9 Å². The summed E-state index contributed by atoms with van der Waals surface area (Å²) in [6.45, 7) is 7.63. The number of ether oxygens (including phenoxy) is 3.